The second-order valence-corrected chi connectivity index (χ2v) is 9.58. The fourth-order valence-electron chi connectivity index (χ4n) is 3.36. The van der Waals surface area contributed by atoms with Gasteiger partial charge in [0.05, 0.1) is 4.90 Å². The average Bonchev–Trinajstić information content (AvgIpc) is 3.11. The molecular weight excluding hydrogens is 398 g/mol. The molecule has 1 N–H and O–H groups in total. The van der Waals surface area contributed by atoms with Crippen LogP contribution in [0.3, 0.4) is 0 Å². The van der Waals surface area contributed by atoms with Crippen molar-refractivity contribution in [3.8, 4) is 0 Å². The molecule has 0 spiro atoms. The van der Waals surface area contributed by atoms with Crippen LogP contribution in [0.4, 0.5) is 5.69 Å². The first kappa shape index (κ1) is 22.0. The summed E-state index contributed by atoms with van der Waals surface area (Å²) in [5.41, 5.74) is 2.97. The van der Waals surface area contributed by atoms with Crippen LogP contribution in [0.1, 0.15) is 50.2 Å². The number of rotatable bonds is 7. The molecule has 7 heteroatoms. The summed E-state index contributed by atoms with van der Waals surface area (Å²) in [5.74, 6) is 0.972. The predicted octanol–water partition coefficient (Wildman–Crippen LogP) is 4.19. The van der Waals surface area contributed by atoms with E-state index in [4.69, 9.17) is 0 Å². The van der Waals surface area contributed by atoms with Crippen molar-refractivity contribution in [1.29, 1.82) is 0 Å². The summed E-state index contributed by atoms with van der Waals surface area (Å²) >= 11 is 0. The molecule has 0 unspecified atom stereocenters. The summed E-state index contributed by atoms with van der Waals surface area (Å²) in [6.07, 6.45) is 2.60. The lowest BCUT2D eigenvalue weighted by atomic mass is 10.0. The van der Waals surface area contributed by atoms with Crippen molar-refractivity contribution in [1.82, 2.24) is 4.90 Å². The zero-order valence-corrected chi connectivity index (χ0v) is 18.6. The molecule has 160 valence electrons. The van der Waals surface area contributed by atoms with E-state index in [9.17, 15) is 13.2 Å². The monoisotopic (exact) mass is 427 g/mol. The molecule has 3 rings (SSSR count). The average molecular weight is 428 g/mol. The number of amidine groups is 1. The Hall–Kier alpha value is -2.67. The van der Waals surface area contributed by atoms with Crippen LogP contribution in [0.2, 0.25) is 0 Å². The van der Waals surface area contributed by atoms with Crippen LogP contribution in [0, 0.1) is 0 Å². The lowest BCUT2D eigenvalue weighted by Crippen LogP contribution is -2.20. The van der Waals surface area contributed by atoms with Gasteiger partial charge in [0.1, 0.15) is 5.84 Å². The van der Waals surface area contributed by atoms with Crippen LogP contribution in [0.25, 0.3) is 0 Å². The van der Waals surface area contributed by atoms with E-state index in [2.05, 4.69) is 47.8 Å². The third-order valence-electron chi connectivity index (χ3n) is 5.28. The Morgan fingerprint density at radius 3 is 2.33 bits per heavy atom. The van der Waals surface area contributed by atoms with E-state index in [1.165, 1.54) is 17.7 Å². The topological polar surface area (TPSA) is 78.8 Å². The van der Waals surface area contributed by atoms with E-state index in [0.717, 1.165) is 18.5 Å². The summed E-state index contributed by atoms with van der Waals surface area (Å²) in [6, 6.07) is 14.5. The van der Waals surface area contributed by atoms with Gasteiger partial charge < -0.3 is 10.2 Å². The molecule has 0 saturated carbocycles. The summed E-state index contributed by atoms with van der Waals surface area (Å²) < 4.78 is 28.9. The van der Waals surface area contributed by atoms with Crippen molar-refractivity contribution in [2.75, 3.05) is 18.9 Å². The number of likely N-dealkylation sites (tertiary alicyclic amines) is 1. The zero-order valence-electron chi connectivity index (χ0n) is 17.8. The number of sulfonamides is 1. The Balaban J connectivity index is 1.56. The molecule has 1 aliphatic heterocycles. The highest BCUT2D eigenvalue weighted by molar-refractivity contribution is 7.90. The van der Waals surface area contributed by atoms with Crippen LogP contribution in [0.5, 0.6) is 0 Å². The van der Waals surface area contributed by atoms with Crippen LogP contribution < -0.4 is 5.32 Å². The predicted molar refractivity (Wildman–Crippen MR) is 120 cm³/mol. The number of nitrogens with zero attached hydrogens (tertiary/aromatic N) is 2. The second kappa shape index (κ2) is 9.43. The molecule has 0 radical (unpaired) electrons. The number of carbonyl (C=O) groups is 1. The number of carbonyl (C=O) groups excluding carboxylic acids is 1. The van der Waals surface area contributed by atoms with E-state index in [-0.39, 0.29) is 10.8 Å². The Labute approximate surface area is 179 Å². The highest BCUT2D eigenvalue weighted by Crippen LogP contribution is 2.20. The third-order valence-corrected chi connectivity index (χ3v) is 6.60. The lowest BCUT2D eigenvalue weighted by molar-refractivity contribution is -0.116. The van der Waals surface area contributed by atoms with Gasteiger partial charge in [0.15, 0.2) is 0 Å². The van der Waals surface area contributed by atoms with E-state index in [1.807, 2.05) is 11.9 Å². The normalized spacial score (nSPS) is 15.7. The van der Waals surface area contributed by atoms with E-state index in [1.54, 1.807) is 12.1 Å². The van der Waals surface area contributed by atoms with Gasteiger partial charge >= 0.3 is 0 Å². The van der Waals surface area contributed by atoms with Crippen LogP contribution in [-0.4, -0.2) is 38.7 Å². The first-order valence-corrected chi connectivity index (χ1v) is 11.7. The molecule has 30 heavy (non-hydrogen) atoms. The summed E-state index contributed by atoms with van der Waals surface area (Å²) in [6.45, 7) is 5.12. The van der Waals surface area contributed by atoms with Gasteiger partial charge in [-0.3, -0.25) is 4.79 Å². The maximum absolute atomic E-state index is 12.5. The van der Waals surface area contributed by atoms with Crippen molar-refractivity contribution in [3.63, 3.8) is 0 Å². The van der Waals surface area contributed by atoms with E-state index >= 15 is 0 Å². The number of aryl methyl sites for hydroxylation is 1. The minimum Gasteiger partial charge on any atom is -0.362 e. The van der Waals surface area contributed by atoms with Gasteiger partial charge in [0.25, 0.3) is 10.0 Å². The minimum atomic E-state index is -3.74. The SMILES string of the molecule is CC(C)c1ccc(CCC(=O)Nc2ccc(S(=O)(=O)/N=C3/CCCN3C)cc2)cc1. The molecule has 0 atom stereocenters. The Morgan fingerprint density at radius 2 is 1.77 bits per heavy atom. The molecule has 6 nitrogen and oxygen atoms in total. The molecule has 1 aliphatic rings. The summed E-state index contributed by atoms with van der Waals surface area (Å²) in [7, 11) is -1.90. The van der Waals surface area contributed by atoms with Crippen molar-refractivity contribution in [2.45, 2.75) is 50.3 Å². The van der Waals surface area contributed by atoms with Crippen LogP contribution >= 0.6 is 0 Å². The number of hydrogen-bond donors (Lipinski definition) is 1. The second-order valence-electron chi connectivity index (χ2n) is 7.98. The van der Waals surface area contributed by atoms with Crippen LogP contribution in [-0.2, 0) is 21.2 Å². The molecule has 0 aliphatic carbocycles. The van der Waals surface area contributed by atoms with Gasteiger partial charge in [0, 0.05) is 32.1 Å². The van der Waals surface area contributed by atoms with Crippen molar-refractivity contribution < 1.29 is 13.2 Å². The smallest absolute Gasteiger partial charge is 0.283 e. The van der Waals surface area contributed by atoms with Gasteiger partial charge in [-0.2, -0.15) is 8.42 Å². The highest BCUT2D eigenvalue weighted by Gasteiger charge is 2.20. The molecule has 0 aromatic heterocycles. The number of benzene rings is 2. The largest absolute Gasteiger partial charge is 0.362 e. The molecular formula is C23H29N3O3S. The fraction of sp³-hybridized carbons (Fsp3) is 0.391. The third kappa shape index (κ3) is 5.69. The van der Waals surface area contributed by atoms with E-state index in [0.29, 0.717) is 36.7 Å². The maximum atomic E-state index is 12.5. The molecule has 1 saturated heterocycles. The number of hydrogen-bond acceptors (Lipinski definition) is 3. The van der Waals surface area contributed by atoms with Crippen molar-refractivity contribution >= 4 is 27.5 Å². The van der Waals surface area contributed by atoms with Gasteiger partial charge in [-0.1, -0.05) is 38.1 Å². The van der Waals surface area contributed by atoms with Crippen molar-refractivity contribution in [3.05, 3.63) is 59.7 Å². The van der Waals surface area contributed by atoms with E-state index < -0.39 is 10.0 Å². The lowest BCUT2D eigenvalue weighted by Gasteiger charge is -2.11. The van der Waals surface area contributed by atoms with Crippen molar-refractivity contribution in [2.24, 2.45) is 4.40 Å². The highest BCUT2D eigenvalue weighted by atomic mass is 32.2. The Bertz CT molecular complexity index is 1010. The zero-order chi connectivity index (χ0) is 21.7. The molecule has 2 aromatic rings. The number of anilines is 1. The Kier molecular flexibility index (Phi) is 6.92. The molecule has 0 bridgehead atoms. The Morgan fingerprint density at radius 1 is 1.10 bits per heavy atom. The van der Waals surface area contributed by atoms with Crippen LogP contribution in [0.15, 0.2) is 57.8 Å². The van der Waals surface area contributed by atoms with Gasteiger partial charge in [0.2, 0.25) is 5.91 Å². The summed E-state index contributed by atoms with van der Waals surface area (Å²) in [5, 5.41) is 2.82. The number of nitrogens with one attached hydrogen (secondary N) is 1. The van der Waals surface area contributed by atoms with Gasteiger partial charge in [-0.25, -0.2) is 0 Å². The quantitative estimate of drug-likeness (QED) is 0.718. The molecule has 1 fully saturated rings. The van der Waals surface area contributed by atoms with Gasteiger partial charge in [-0.15, -0.1) is 4.40 Å². The molecule has 1 amide bonds. The molecule has 1 heterocycles. The first-order valence-electron chi connectivity index (χ1n) is 10.3. The molecule has 2 aromatic carbocycles. The standard InChI is InChI=1S/C23H29N3O3S/c1-17(2)19-9-6-18(7-10-19)8-15-23(27)24-20-11-13-21(14-12-20)30(28,29)25-22-5-4-16-26(22)3/h6-7,9-14,17H,4-5,8,15-16H2,1-3H3,(H,24,27)/b25-22-. The first-order chi connectivity index (χ1) is 14.2. The fourth-order valence-corrected chi connectivity index (χ4v) is 4.46. The minimum absolute atomic E-state index is 0.105. The van der Waals surface area contributed by atoms with Gasteiger partial charge in [-0.05, 0) is 54.2 Å². The maximum Gasteiger partial charge on any atom is 0.283 e. The number of amides is 1. The summed E-state index contributed by atoms with van der Waals surface area (Å²) in [4.78, 5) is 14.2.